The first-order valence-corrected chi connectivity index (χ1v) is 7.11. The van der Waals surface area contributed by atoms with E-state index in [9.17, 15) is 4.79 Å². The van der Waals surface area contributed by atoms with Gasteiger partial charge in [0.25, 0.3) is 0 Å². The van der Waals surface area contributed by atoms with Crippen molar-refractivity contribution in [3.8, 4) is 0 Å². The average molecular weight is 278 g/mol. The fourth-order valence-corrected chi connectivity index (χ4v) is 2.80. The lowest BCUT2D eigenvalue weighted by Gasteiger charge is -2.26. The number of rotatable bonds is 5. The highest BCUT2D eigenvalue weighted by Crippen LogP contribution is 2.27. The van der Waals surface area contributed by atoms with Gasteiger partial charge in [0.15, 0.2) is 0 Å². The molecule has 0 saturated carbocycles. The van der Waals surface area contributed by atoms with Gasteiger partial charge in [-0.05, 0) is 44.7 Å². The van der Waals surface area contributed by atoms with Crippen molar-refractivity contribution in [3.05, 3.63) is 23.4 Å². The van der Waals surface area contributed by atoms with Crippen LogP contribution < -0.4 is 4.90 Å². The maximum Gasteiger partial charge on any atom is 0.339 e. The van der Waals surface area contributed by atoms with Crippen LogP contribution in [0.5, 0.6) is 0 Å². The molecule has 1 saturated heterocycles. The van der Waals surface area contributed by atoms with Crippen molar-refractivity contribution >= 4 is 11.8 Å². The van der Waals surface area contributed by atoms with Crippen LogP contribution in [0.2, 0.25) is 0 Å². The van der Waals surface area contributed by atoms with Gasteiger partial charge in [-0.25, -0.2) is 9.78 Å². The number of ether oxygens (including phenoxy) is 1. The minimum Gasteiger partial charge on any atom is -0.465 e. The highest BCUT2D eigenvalue weighted by molar-refractivity contribution is 5.90. The molecule has 0 aliphatic carbocycles. The summed E-state index contributed by atoms with van der Waals surface area (Å²) in [5, 5.41) is 8.97. The molecule has 1 aromatic rings. The van der Waals surface area contributed by atoms with E-state index in [0.29, 0.717) is 17.3 Å². The third kappa shape index (κ3) is 3.10. The molecule has 0 spiro atoms. The molecule has 110 valence electrons. The van der Waals surface area contributed by atoms with Gasteiger partial charge in [0, 0.05) is 19.2 Å². The summed E-state index contributed by atoms with van der Waals surface area (Å²) in [6.07, 6.45) is 4.09. The Hall–Kier alpha value is -1.62. The zero-order valence-electron chi connectivity index (χ0n) is 12.1. The van der Waals surface area contributed by atoms with Crippen LogP contribution in [0.15, 0.2) is 12.1 Å². The Morgan fingerprint density at radius 2 is 2.35 bits per heavy atom. The van der Waals surface area contributed by atoms with Crippen molar-refractivity contribution in [1.29, 1.82) is 0 Å². The molecule has 1 unspecified atom stereocenters. The summed E-state index contributed by atoms with van der Waals surface area (Å²) < 4.78 is 4.74. The van der Waals surface area contributed by atoms with Crippen LogP contribution in [0.3, 0.4) is 0 Å². The Morgan fingerprint density at radius 3 is 3.00 bits per heavy atom. The molecular weight excluding hydrogens is 256 g/mol. The van der Waals surface area contributed by atoms with Gasteiger partial charge in [0.1, 0.15) is 5.82 Å². The van der Waals surface area contributed by atoms with Crippen molar-refractivity contribution in [1.82, 2.24) is 4.98 Å². The number of methoxy groups -OCH3 is 1. The second kappa shape index (κ2) is 6.70. The minimum atomic E-state index is -0.347. The Kier molecular flexibility index (Phi) is 4.95. The third-order valence-corrected chi connectivity index (χ3v) is 3.84. The van der Waals surface area contributed by atoms with Gasteiger partial charge in [-0.15, -0.1) is 0 Å². The smallest absolute Gasteiger partial charge is 0.339 e. The number of esters is 1. The Balaban J connectivity index is 2.16. The molecule has 5 nitrogen and oxygen atoms in total. The standard InChI is InChI=1S/C15H22N2O3/c1-11-13(15(19)20-2)7-8-14(16-11)17-9-3-5-12(17)6-4-10-18/h7-8,12,18H,3-6,9-10H2,1-2H3. The summed E-state index contributed by atoms with van der Waals surface area (Å²) in [4.78, 5) is 18.4. The summed E-state index contributed by atoms with van der Waals surface area (Å²) in [5.41, 5.74) is 1.21. The van der Waals surface area contributed by atoms with E-state index in [-0.39, 0.29) is 12.6 Å². The van der Waals surface area contributed by atoms with Gasteiger partial charge >= 0.3 is 5.97 Å². The molecule has 2 heterocycles. The molecule has 1 fully saturated rings. The SMILES string of the molecule is COC(=O)c1ccc(N2CCCC2CCCO)nc1C. The molecule has 1 aromatic heterocycles. The van der Waals surface area contributed by atoms with Crippen LogP contribution in [-0.4, -0.2) is 42.4 Å². The number of carbonyl (C=O) groups excluding carboxylic acids is 1. The van der Waals surface area contributed by atoms with E-state index in [1.54, 1.807) is 6.07 Å². The molecule has 20 heavy (non-hydrogen) atoms. The Labute approximate surface area is 119 Å². The normalized spacial score (nSPS) is 18.4. The van der Waals surface area contributed by atoms with E-state index in [4.69, 9.17) is 9.84 Å². The average Bonchev–Trinajstić information content (AvgIpc) is 2.92. The molecule has 2 rings (SSSR count). The number of anilines is 1. The van der Waals surface area contributed by atoms with Crippen LogP contribution in [0.25, 0.3) is 0 Å². The van der Waals surface area contributed by atoms with Crippen molar-refractivity contribution in [2.75, 3.05) is 25.2 Å². The highest BCUT2D eigenvalue weighted by atomic mass is 16.5. The van der Waals surface area contributed by atoms with Crippen LogP contribution >= 0.6 is 0 Å². The predicted octanol–water partition coefficient (Wildman–Crippen LogP) is 1.92. The number of aliphatic hydroxyl groups is 1. The zero-order chi connectivity index (χ0) is 14.5. The first kappa shape index (κ1) is 14.8. The molecule has 5 heteroatoms. The van der Waals surface area contributed by atoms with Gasteiger partial charge in [-0.1, -0.05) is 0 Å². The van der Waals surface area contributed by atoms with Gasteiger partial charge in [0.05, 0.1) is 18.4 Å². The van der Waals surface area contributed by atoms with Gasteiger partial charge < -0.3 is 14.7 Å². The lowest BCUT2D eigenvalue weighted by molar-refractivity contribution is 0.0599. The highest BCUT2D eigenvalue weighted by Gasteiger charge is 2.25. The number of nitrogens with zero attached hydrogens (tertiary/aromatic N) is 2. The molecule has 0 amide bonds. The van der Waals surface area contributed by atoms with Crippen LogP contribution in [0.1, 0.15) is 41.7 Å². The summed E-state index contributed by atoms with van der Waals surface area (Å²) >= 11 is 0. The van der Waals surface area contributed by atoms with Crippen LogP contribution in [-0.2, 0) is 4.74 Å². The second-order valence-electron chi connectivity index (χ2n) is 5.15. The molecule has 1 N–H and O–H groups in total. The second-order valence-corrected chi connectivity index (χ2v) is 5.15. The summed E-state index contributed by atoms with van der Waals surface area (Å²) in [6.45, 7) is 3.05. The fourth-order valence-electron chi connectivity index (χ4n) is 2.80. The third-order valence-electron chi connectivity index (χ3n) is 3.84. The van der Waals surface area contributed by atoms with E-state index < -0.39 is 0 Å². The quantitative estimate of drug-likeness (QED) is 0.834. The van der Waals surface area contributed by atoms with Crippen LogP contribution in [0, 0.1) is 6.92 Å². The molecule has 1 aliphatic heterocycles. The maximum absolute atomic E-state index is 11.6. The van der Waals surface area contributed by atoms with Crippen molar-refractivity contribution in [3.63, 3.8) is 0 Å². The van der Waals surface area contributed by atoms with Crippen LogP contribution in [0.4, 0.5) is 5.82 Å². The fraction of sp³-hybridized carbons (Fsp3) is 0.600. The lowest BCUT2D eigenvalue weighted by Crippen LogP contribution is -2.30. The minimum absolute atomic E-state index is 0.234. The number of carbonyl (C=O) groups is 1. The Morgan fingerprint density at radius 1 is 1.55 bits per heavy atom. The molecule has 0 aromatic carbocycles. The lowest BCUT2D eigenvalue weighted by atomic mass is 10.1. The summed E-state index contributed by atoms with van der Waals surface area (Å²) in [6, 6.07) is 4.11. The number of aryl methyl sites for hydroxylation is 1. The maximum atomic E-state index is 11.6. The molecule has 0 bridgehead atoms. The van der Waals surface area contributed by atoms with E-state index in [1.165, 1.54) is 7.11 Å². The zero-order valence-corrected chi connectivity index (χ0v) is 12.1. The van der Waals surface area contributed by atoms with E-state index in [2.05, 4.69) is 9.88 Å². The molecule has 1 atom stereocenters. The number of hydrogen-bond donors (Lipinski definition) is 1. The first-order valence-electron chi connectivity index (χ1n) is 7.11. The van der Waals surface area contributed by atoms with Gasteiger partial charge in [0.2, 0.25) is 0 Å². The van der Waals surface area contributed by atoms with Gasteiger partial charge in [-0.2, -0.15) is 0 Å². The topological polar surface area (TPSA) is 62.7 Å². The summed E-state index contributed by atoms with van der Waals surface area (Å²) in [7, 11) is 1.38. The predicted molar refractivity (Wildman–Crippen MR) is 77.0 cm³/mol. The first-order chi connectivity index (χ1) is 9.67. The van der Waals surface area contributed by atoms with Crippen molar-refractivity contribution < 1.29 is 14.6 Å². The van der Waals surface area contributed by atoms with Crippen molar-refractivity contribution in [2.45, 2.75) is 38.6 Å². The number of pyridine rings is 1. The van der Waals surface area contributed by atoms with E-state index in [0.717, 1.165) is 38.0 Å². The molecule has 0 radical (unpaired) electrons. The number of aromatic nitrogens is 1. The monoisotopic (exact) mass is 278 g/mol. The molecule has 1 aliphatic rings. The number of hydrogen-bond acceptors (Lipinski definition) is 5. The summed E-state index contributed by atoms with van der Waals surface area (Å²) in [5.74, 6) is 0.565. The van der Waals surface area contributed by atoms with Gasteiger partial charge in [-0.3, -0.25) is 0 Å². The van der Waals surface area contributed by atoms with E-state index in [1.807, 2.05) is 13.0 Å². The largest absolute Gasteiger partial charge is 0.465 e. The van der Waals surface area contributed by atoms with Crippen molar-refractivity contribution in [2.24, 2.45) is 0 Å². The van der Waals surface area contributed by atoms with E-state index >= 15 is 0 Å². The molecular formula is C15H22N2O3. The number of aliphatic hydroxyl groups excluding tert-OH is 1. The Bertz CT molecular complexity index is 476.